The van der Waals surface area contributed by atoms with Crippen LogP contribution in [-0.4, -0.2) is 14.9 Å². The van der Waals surface area contributed by atoms with Crippen LogP contribution in [0.2, 0.25) is 0 Å². The van der Waals surface area contributed by atoms with Crippen molar-refractivity contribution in [3.05, 3.63) is 39.1 Å². The molecule has 15 heavy (non-hydrogen) atoms. The number of rotatable bonds is 1. The third kappa shape index (κ3) is 1.99. The first kappa shape index (κ1) is 10.5. The molecule has 0 unspecified atom stereocenters. The van der Waals surface area contributed by atoms with Gasteiger partial charge < -0.3 is 5.11 Å². The lowest BCUT2D eigenvalue weighted by Crippen LogP contribution is -1.99. The smallest absolute Gasteiger partial charge is 0.214 e. The number of hydrogen-bond acceptors (Lipinski definition) is 2. The van der Waals surface area contributed by atoms with Gasteiger partial charge >= 0.3 is 0 Å². The van der Waals surface area contributed by atoms with Gasteiger partial charge in [0.15, 0.2) is 0 Å². The average molecular weight is 314 g/mol. The van der Waals surface area contributed by atoms with Crippen LogP contribution in [0, 0.1) is 17.4 Å². The minimum absolute atomic E-state index is 0.178. The summed E-state index contributed by atoms with van der Waals surface area (Å²) < 4.78 is 2.73. The second kappa shape index (κ2) is 3.84. The predicted octanol–water partition coefficient (Wildman–Crippen LogP) is 2.80. The minimum Gasteiger partial charge on any atom is -0.493 e. The number of aromatic hydroxyl groups is 1. The third-order valence-electron chi connectivity index (χ3n) is 2.20. The molecule has 0 aliphatic rings. The van der Waals surface area contributed by atoms with Gasteiger partial charge in [0.1, 0.15) is 0 Å². The Morgan fingerprint density at radius 3 is 2.53 bits per heavy atom. The quantitative estimate of drug-likeness (QED) is 0.822. The summed E-state index contributed by atoms with van der Waals surface area (Å²) in [7, 11) is 0. The van der Waals surface area contributed by atoms with E-state index in [0.29, 0.717) is 0 Å². The molecule has 1 N–H and O–H groups in total. The van der Waals surface area contributed by atoms with E-state index in [2.05, 4.69) is 33.8 Å². The van der Waals surface area contributed by atoms with Gasteiger partial charge in [0, 0.05) is 9.64 Å². The molecule has 2 rings (SSSR count). The highest BCUT2D eigenvalue weighted by atomic mass is 127. The fraction of sp³-hybridized carbons (Fsp3) is 0.182. The van der Waals surface area contributed by atoms with Gasteiger partial charge in [-0.2, -0.15) is 5.10 Å². The summed E-state index contributed by atoms with van der Waals surface area (Å²) in [6.07, 6.45) is 0. The lowest BCUT2D eigenvalue weighted by atomic mass is 10.2. The van der Waals surface area contributed by atoms with Crippen LogP contribution in [-0.2, 0) is 0 Å². The Hall–Kier alpha value is -1.04. The Balaban J connectivity index is 2.59. The summed E-state index contributed by atoms with van der Waals surface area (Å²) in [5, 5.41) is 13.9. The molecule has 0 amide bonds. The lowest BCUT2D eigenvalue weighted by molar-refractivity contribution is 0.433. The zero-order valence-corrected chi connectivity index (χ0v) is 10.7. The number of aryl methyl sites for hydroxylation is 2. The van der Waals surface area contributed by atoms with Gasteiger partial charge in [-0.15, -0.1) is 0 Å². The van der Waals surface area contributed by atoms with Crippen LogP contribution in [0.1, 0.15) is 11.3 Å². The van der Waals surface area contributed by atoms with Crippen molar-refractivity contribution in [1.29, 1.82) is 0 Å². The summed E-state index contributed by atoms with van der Waals surface area (Å²) in [6.45, 7) is 3.87. The molecule has 4 heteroatoms. The van der Waals surface area contributed by atoms with Crippen molar-refractivity contribution >= 4 is 22.6 Å². The Morgan fingerprint density at radius 1 is 1.27 bits per heavy atom. The van der Waals surface area contributed by atoms with Crippen LogP contribution in [0.5, 0.6) is 5.88 Å². The van der Waals surface area contributed by atoms with Crippen LogP contribution in [0.15, 0.2) is 24.3 Å². The molecule has 1 aromatic heterocycles. The van der Waals surface area contributed by atoms with E-state index >= 15 is 0 Å². The van der Waals surface area contributed by atoms with Crippen molar-refractivity contribution in [1.82, 2.24) is 9.78 Å². The van der Waals surface area contributed by atoms with Gasteiger partial charge in [-0.1, -0.05) is 0 Å². The molecule has 0 fully saturated rings. The fourth-order valence-corrected chi connectivity index (χ4v) is 2.17. The highest BCUT2D eigenvalue weighted by Crippen LogP contribution is 2.22. The standard InChI is InChI=1S/C11H11IN2O/c1-7-5-9(12)3-4-10(7)14-11(15)6-8(2)13-14/h3-6,15H,1-2H3. The van der Waals surface area contributed by atoms with E-state index in [9.17, 15) is 5.11 Å². The number of hydrogen-bond donors (Lipinski definition) is 1. The number of nitrogens with zero attached hydrogens (tertiary/aromatic N) is 2. The molecule has 0 bridgehead atoms. The molecule has 0 saturated heterocycles. The van der Waals surface area contributed by atoms with E-state index in [-0.39, 0.29) is 5.88 Å². The van der Waals surface area contributed by atoms with Gasteiger partial charge in [-0.3, -0.25) is 0 Å². The minimum atomic E-state index is 0.178. The molecule has 0 aliphatic heterocycles. The Kier molecular flexibility index (Phi) is 2.68. The van der Waals surface area contributed by atoms with Crippen LogP contribution in [0.3, 0.4) is 0 Å². The molecule has 3 nitrogen and oxygen atoms in total. The second-order valence-electron chi connectivity index (χ2n) is 3.49. The predicted molar refractivity (Wildman–Crippen MR) is 67.4 cm³/mol. The molecule has 0 spiro atoms. The van der Waals surface area contributed by atoms with Crippen molar-refractivity contribution < 1.29 is 5.11 Å². The monoisotopic (exact) mass is 314 g/mol. The van der Waals surface area contributed by atoms with Crippen molar-refractivity contribution in [2.45, 2.75) is 13.8 Å². The third-order valence-corrected chi connectivity index (χ3v) is 2.87. The van der Waals surface area contributed by atoms with Crippen LogP contribution < -0.4 is 0 Å². The summed E-state index contributed by atoms with van der Waals surface area (Å²) in [5.74, 6) is 0.178. The van der Waals surface area contributed by atoms with Crippen molar-refractivity contribution in [3.8, 4) is 11.6 Å². The Labute approximate surface area is 102 Å². The molecule has 1 heterocycles. The van der Waals surface area contributed by atoms with E-state index < -0.39 is 0 Å². The topological polar surface area (TPSA) is 38.0 Å². The van der Waals surface area contributed by atoms with E-state index in [1.807, 2.05) is 26.0 Å². The van der Waals surface area contributed by atoms with Gasteiger partial charge in [0.05, 0.1) is 11.4 Å². The SMILES string of the molecule is Cc1cc(O)n(-c2ccc(I)cc2C)n1. The van der Waals surface area contributed by atoms with Crippen LogP contribution in [0.25, 0.3) is 5.69 Å². The highest BCUT2D eigenvalue weighted by Gasteiger charge is 2.08. The van der Waals surface area contributed by atoms with Crippen molar-refractivity contribution in [2.24, 2.45) is 0 Å². The average Bonchev–Trinajstić information content (AvgIpc) is 2.45. The summed E-state index contributed by atoms with van der Waals surface area (Å²) in [5.41, 5.74) is 2.83. The Morgan fingerprint density at radius 2 is 2.00 bits per heavy atom. The first-order valence-electron chi connectivity index (χ1n) is 4.60. The molecule has 0 radical (unpaired) electrons. The van der Waals surface area contributed by atoms with Crippen LogP contribution in [0.4, 0.5) is 0 Å². The number of aromatic nitrogens is 2. The maximum absolute atomic E-state index is 9.68. The fourth-order valence-electron chi connectivity index (χ4n) is 1.52. The molecule has 0 atom stereocenters. The van der Waals surface area contributed by atoms with Gasteiger partial charge in [0.25, 0.3) is 0 Å². The molecule has 78 valence electrons. The zero-order chi connectivity index (χ0) is 11.0. The first-order valence-corrected chi connectivity index (χ1v) is 5.68. The van der Waals surface area contributed by atoms with E-state index in [0.717, 1.165) is 16.9 Å². The van der Waals surface area contributed by atoms with E-state index in [4.69, 9.17) is 0 Å². The van der Waals surface area contributed by atoms with E-state index in [1.165, 1.54) is 3.57 Å². The molecule has 2 aromatic rings. The zero-order valence-electron chi connectivity index (χ0n) is 8.53. The van der Waals surface area contributed by atoms with Crippen LogP contribution >= 0.6 is 22.6 Å². The highest BCUT2D eigenvalue weighted by molar-refractivity contribution is 14.1. The lowest BCUT2D eigenvalue weighted by Gasteiger charge is -2.07. The summed E-state index contributed by atoms with van der Waals surface area (Å²) in [6, 6.07) is 7.67. The maximum Gasteiger partial charge on any atom is 0.214 e. The molecule has 0 aliphatic carbocycles. The molecule has 1 aromatic carbocycles. The van der Waals surface area contributed by atoms with Gasteiger partial charge in [-0.25, -0.2) is 4.68 Å². The summed E-state index contributed by atoms with van der Waals surface area (Å²) in [4.78, 5) is 0. The van der Waals surface area contributed by atoms with Crippen molar-refractivity contribution in [2.75, 3.05) is 0 Å². The number of halogens is 1. The van der Waals surface area contributed by atoms with Crippen molar-refractivity contribution in [3.63, 3.8) is 0 Å². The molecular formula is C11H11IN2O. The van der Waals surface area contributed by atoms with Gasteiger partial charge in [0.2, 0.25) is 5.88 Å². The second-order valence-corrected chi connectivity index (χ2v) is 4.73. The number of benzene rings is 1. The maximum atomic E-state index is 9.68. The largest absolute Gasteiger partial charge is 0.493 e. The van der Waals surface area contributed by atoms with E-state index in [1.54, 1.807) is 10.7 Å². The Bertz CT molecular complexity index is 505. The molecule has 0 saturated carbocycles. The summed E-state index contributed by atoms with van der Waals surface area (Å²) >= 11 is 2.26. The first-order chi connectivity index (χ1) is 7.08. The normalized spacial score (nSPS) is 10.6. The molecular weight excluding hydrogens is 303 g/mol. The van der Waals surface area contributed by atoms with Gasteiger partial charge in [-0.05, 0) is 60.2 Å².